The minimum Gasteiger partial charge on any atom is -0.478 e. The van der Waals surface area contributed by atoms with Gasteiger partial charge in [0.1, 0.15) is 0 Å². The third-order valence-corrected chi connectivity index (χ3v) is 2.76. The van der Waals surface area contributed by atoms with Crippen LogP contribution in [-0.2, 0) is 5.92 Å². The molecule has 0 bridgehead atoms. The number of carboxylic acids is 1. The van der Waals surface area contributed by atoms with Crippen LogP contribution in [0, 0.1) is 0 Å². The first-order valence-corrected chi connectivity index (χ1v) is 5.14. The monoisotopic (exact) mass is 226 g/mol. The van der Waals surface area contributed by atoms with E-state index in [0.717, 1.165) is 31.4 Å². The first-order chi connectivity index (χ1) is 7.38. The van der Waals surface area contributed by atoms with Crippen molar-refractivity contribution < 1.29 is 18.7 Å². The molecule has 1 saturated carbocycles. The van der Waals surface area contributed by atoms with E-state index in [1.807, 2.05) is 0 Å². The van der Waals surface area contributed by atoms with Crippen LogP contribution in [0.3, 0.4) is 0 Å². The number of carboxylic acid groups (broad SMARTS) is 1. The molecule has 0 unspecified atom stereocenters. The standard InChI is InChI=1S/C12H12F2O2/c1-12(13,14)10-5-8(7-2-3-7)4-9(6-10)11(15)16/h4-7H,2-3H2,1H3,(H,15,16). The Morgan fingerprint density at radius 3 is 2.44 bits per heavy atom. The summed E-state index contributed by atoms with van der Waals surface area (Å²) in [6, 6.07) is 3.97. The number of hydrogen-bond donors (Lipinski definition) is 1. The topological polar surface area (TPSA) is 37.3 Å². The van der Waals surface area contributed by atoms with E-state index in [1.165, 1.54) is 12.1 Å². The van der Waals surface area contributed by atoms with Crippen molar-refractivity contribution >= 4 is 5.97 Å². The van der Waals surface area contributed by atoms with E-state index in [1.54, 1.807) is 0 Å². The van der Waals surface area contributed by atoms with E-state index in [9.17, 15) is 13.6 Å². The van der Waals surface area contributed by atoms with Gasteiger partial charge in [0.25, 0.3) is 5.92 Å². The average molecular weight is 226 g/mol. The van der Waals surface area contributed by atoms with Crippen molar-refractivity contribution in [2.75, 3.05) is 0 Å². The molecule has 1 aliphatic rings. The van der Waals surface area contributed by atoms with Gasteiger partial charge in [-0.3, -0.25) is 0 Å². The highest BCUT2D eigenvalue weighted by Gasteiger charge is 2.30. The van der Waals surface area contributed by atoms with Gasteiger partial charge in [0, 0.05) is 12.5 Å². The Kier molecular flexibility index (Phi) is 2.45. The number of benzene rings is 1. The van der Waals surface area contributed by atoms with Gasteiger partial charge in [0.05, 0.1) is 5.56 Å². The summed E-state index contributed by atoms with van der Waals surface area (Å²) in [5.74, 6) is -3.89. The molecule has 0 spiro atoms. The molecule has 0 heterocycles. The molecular weight excluding hydrogens is 214 g/mol. The second kappa shape index (κ2) is 3.54. The SMILES string of the molecule is CC(F)(F)c1cc(C(=O)O)cc(C2CC2)c1. The van der Waals surface area contributed by atoms with Crippen molar-refractivity contribution in [1.29, 1.82) is 0 Å². The maximum Gasteiger partial charge on any atom is 0.335 e. The van der Waals surface area contributed by atoms with Gasteiger partial charge in [0.15, 0.2) is 0 Å². The van der Waals surface area contributed by atoms with E-state index < -0.39 is 11.9 Å². The van der Waals surface area contributed by atoms with Crippen LogP contribution in [0.25, 0.3) is 0 Å². The summed E-state index contributed by atoms with van der Waals surface area (Å²) >= 11 is 0. The van der Waals surface area contributed by atoms with Gasteiger partial charge in [-0.1, -0.05) is 0 Å². The molecule has 0 saturated heterocycles. The lowest BCUT2D eigenvalue weighted by molar-refractivity contribution is 0.0173. The first kappa shape index (κ1) is 11.0. The average Bonchev–Trinajstić information content (AvgIpc) is 2.98. The fourth-order valence-electron chi connectivity index (χ4n) is 1.68. The summed E-state index contributed by atoms with van der Waals surface area (Å²) < 4.78 is 26.3. The molecule has 1 fully saturated rings. The van der Waals surface area contributed by atoms with E-state index in [4.69, 9.17) is 5.11 Å². The van der Waals surface area contributed by atoms with E-state index >= 15 is 0 Å². The normalized spacial score (nSPS) is 16.2. The van der Waals surface area contributed by atoms with Crippen molar-refractivity contribution in [2.24, 2.45) is 0 Å². The highest BCUT2D eigenvalue weighted by molar-refractivity contribution is 5.88. The van der Waals surface area contributed by atoms with Gasteiger partial charge >= 0.3 is 5.97 Å². The summed E-state index contributed by atoms with van der Waals surface area (Å²) in [7, 11) is 0. The van der Waals surface area contributed by atoms with Gasteiger partial charge in [-0.05, 0) is 42.5 Å². The zero-order chi connectivity index (χ0) is 11.9. The van der Waals surface area contributed by atoms with Crippen molar-refractivity contribution in [3.8, 4) is 0 Å². The van der Waals surface area contributed by atoms with Gasteiger partial charge in [0.2, 0.25) is 0 Å². The van der Waals surface area contributed by atoms with Crippen molar-refractivity contribution in [2.45, 2.75) is 31.6 Å². The van der Waals surface area contributed by atoms with Crippen LogP contribution in [0.1, 0.15) is 47.2 Å². The second-order valence-electron chi connectivity index (χ2n) is 4.31. The van der Waals surface area contributed by atoms with Crippen molar-refractivity contribution in [3.05, 3.63) is 34.9 Å². The third-order valence-electron chi connectivity index (χ3n) is 2.76. The Morgan fingerprint density at radius 2 is 2.00 bits per heavy atom. The molecule has 1 aliphatic carbocycles. The molecule has 86 valence electrons. The lowest BCUT2D eigenvalue weighted by atomic mass is 9.99. The molecule has 1 aromatic rings. The predicted molar refractivity (Wildman–Crippen MR) is 54.9 cm³/mol. The lowest BCUT2D eigenvalue weighted by Gasteiger charge is -2.13. The van der Waals surface area contributed by atoms with Crippen LogP contribution in [-0.4, -0.2) is 11.1 Å². The van der Waals surface area contributed by atoms with Gasteiger partial charge in [-0.2, -0.15) is 0 Å². The summed E-state index contributed by atoms with van der Waals surface area (Å²) in [5, 5.41) is 8.86. The first-order valence-electron chi connectivity index (χ1n) is 5.14. The third kappa shape index (κ3) is 2.21. The van der Waals surface area contributed by atoms with E-state index in [-0.39, 0.29) is 17.0 Å². The van der Waals surface area contributed by atoms with E-state index in [2.05, 4.69) is 0 Å². The Bertz CT molecular complexity index is 431. The number of carbonyl (C=O) groups is 1. The van der Waals surface area contributed by atoms with E-state index in [0.29, 0.717) is 0 Å². The maximum absolute atomic E-state index is 13.2. The van der Waals surface area contributed by atoms with Crippen molar-refractivity contribution in [3.63, 3.8) is 0 Å². The molecular formula is C12H12F2O2. The summed E-state index contributed by atoms with van der Waals surface area (Å²) in [4.78, 5) is 10.8. The minimum atomic E-state index is -2.99. The number of aromatic carboxylic acids is 1. The highest BCUT2D eigenvalue weighted by Crippen LogP contribution is 2.42. The predicted octanol–water partition coefficient (Wildman–Crippen LogP) is 3.37. The van der Waals surface area contributed by atoms with Gasteiger partial charge < -0.3 is 5.11 Å². The molecule has 0 aliphatic heterocycles. The lowest BCUT2D eigenvalue weighted by Crippen LogP contribution is -2.10. The number of rotatable bonds is 3. The smallest absolute Gasteiger partial charge is 0.335 e. The fourth-order valence-corrected chi connectivity index (χ4v) is 1.68. The van der Waals surface area contributed by atoms with Crippen LogP contribution in [0.4, 0.5) is 8.78 Å². The molecule has 0 amide bonds. The molecule has 0 atom stereocenters. The van der Waals surface area contributed by atoms with Crippen LogP contribution in [0.2, 0.25) is 0 Å². The van der Waals surface area contributed by atoms with Crippen LogP contribution >= 0.6 is 0 Å². The quantitative estimate of drug-likeness (QED) is 0.857. The largest absolute Gasteiger partial charge is 0.478 e. The molecule has 1 aromatic carbocycles. The van der Waals surface area contributed by atoms with Crippen LogP contribution in [0.15, 0.2) is 18.2 Å². The zero-order valence-electron chi connectivity index (χ0n) is 8.84. The molecule has 2 nitrogen and oxygen atoms in total. The Morgan fingerprint density at radius 1 is 1.38 bits per heavy atom. The Labute approximate surface area is 91.9 Å². The zero-order valence-corrected chi connectivity index (χ0v) is 8.84. The van der Waals surface area contributed by atoms with Crippen molar-refractivity contribution in [1.82, 2.24) is 0 Å². The molecule has 2 rings (SSSR count). The summed E-state index contributed by atoms with van der Waals surface area (Å²) in [6.07, 6.45) is 1.91. The molecule has 0 radical (unpaired) electrons. The molecule has 0 aromatic heterocycles. The Balaban J connectivity index is 2.48. The number of halogens is 2. The fraction of sp³-hybridized carbons (Fsp3) is 0.417. The van der Waals surface area contributed by atoms with Gasteiger partial charge in [-0.25, -0.2) is 13.6 Å². The number of alkyl halides is 2. The van der Waals surface area contributed by atoms with Gasteiger partial charge in [-0.15, -0.1) is 0 Å². The highest BCUT2D eigenvalue weighted by atomic mass is 19.3. The van der Waals surface area contributed by atoms with Crippen LogP contribution in [0.5, 0.6) is 0 Å². The Hall–Kier alpha value is -1.45. The minimum absolute atomic E-state index is 0.0547. The summed E-state index contributed by atoms with van der Waals surface area (Å²) in [5.41, 5.74) is 0.451. The van der Waals surface area contributed by atoms with Crippen LogP contribution < -0.4 is 0 Å². The molecule has 16 heavy (non-hydrogen) atoms. The summed E-state index contributed by atoms with van der Waals surface area (Å²) in [6.45, 7) is 0.782. The number of hydrogen-bond acceptors (Lipinski definition) is 1. The molecule has 1 N–H and O–H groups in total. The second-order valence-corrected chi connectivity index (χ2v) is 4.31. The molecule has 4 heteroatoms. The maximum atomic E-state index is 13.2.